The van der Waals surface area contributed by atoms with Crippen LogP contribution in [0.2, 0.25) is 0 Å². The number of hydrogen-bond acceptors (Lipinski definition) is 2. The molecule has 4 heteroatoms. The van der Waals surface area contributed by atoms with E-state index in [9.17, 15) is 9.59 Å². The first-order chi connectivity index (χ1) is 6.49. The van der Waals surface area contributed by atoms with E-state index in [1.54, 1.807) is 23.8 Å². The summed E-state index contributed by atoms with van der Waals surface area (Å²) in [5.41, 5.74) is 0. The Bertz CT molecular complexity index is 253. The summed E-state index contributed by atoms with van der Waals surface area (Å²) in [6.45, 7) is 6.15. The zero-order chi connectivity index (χ0) is 10.9. The summed E-state index contributed by atoms with van der Waals surface area (Å²) in [6.07, 6.45) is 0.496. The largest absolute Gasteiger partial charge is 0.325 e. The molecule has 0 aromatic rings. The van der Waals surface area contributed by atoms with Gasteiger partial charge in [0.25, 0.3) is 0 Å². The summed E-state index contributed by atoms with van der Waals surface area (Å²) in [7, 11) is 1.77. The maximum atomic E-state index is 11.4. The van der Waals surface area contributed by atoms with Crippen LogP contribution in [-0.2, 0) is 9.59 Å². The molecular formula is C10H18N2O2. The molecule has 1 heterocycles. The van der Waals surface area contributed by atoms with E-state index < -0.39 is 0 Å². The number of carbonyl (C=O) groups is 2. The van der Waals surface area contributed by atoms with Crippen molar-refractivity contribution in [3.05, 3.63) is 0 Å². The Morgan fingerprint density at radius 3 is 2.50 bits per heavy atom. The van der Waals surface area contributed by atoms with Crippen molar-refractivity contribution in [2.45, 2.75) is 33.4 Å². The SMILES string of the molecule is CCN(C(C)=O)C1C(C)CC(=O)N1C. The lowest BCUT2D eigenvalue weighted by atomic mass is 10.1. The summed E-state index contributed by atoms with van der Waals surface area (Å²) < 4.78 is 0. The van der Waals surface area contributed by atoms with E-state index >= 15 is 0 Å². The van der Waals surface area contributed by atoms with Gasteiger partial charge in [-0.3, -0.25) is 9.59 Å². The summed E-state index contributed by atoms with van der Waals surface area (Å²) in [4.78, 5) is 26.2. The van der Waals surface area contributed by atoms with Gasteiger partial charge in [-0.15, -0.1) is 0 Å². The molecule has 0 aliphatic carbocycles. The lowest BCUT2D eigenvalue weighted by Crippen LogP contribution is -2.48. The van der Waals surface area contributed by atoms with Gasteiger partial charge in [-0.25, -0.2) is 0 Å². The number of carbonyl (C=O) groups excluding carboxylic acids is 2. The summed E-state index contributed by atoms with van der Waals surface area (Å²) in [6, 6.07) is 0. The molecule has 2 atom stereocenters. The molecule has 0 aromatic heterocycles. The highest BCUT2D eigenvalue weighted by Gasteiger charge is 2.38. The third-order valence-corrected chi connectivity index (χ3v) is 2.86. The Hall–Kier alpha value is -1.06. The fraction of sp³-hybridized carbons (Fsp3) is 0.800. The van der Waals surface area contributed by atoms with Crippen molar-refractivity contribution < 1.29 is 9.59 Å². The first kappa shape index (κ1) is 11.0. The highest BCUT2D eigenvalue weighted by Crippen LogP contribution is 2.26. The molecule has 2 unspecified atom stereocenters. The Morgan fingerprint density at radius 2 is 2.21 bits per heavy atom. The van der Waals surface area contributed by atoms with Crippen molar-refractivity contribution >= 4 is 11.8 Å². The smallest absolute Gasteiger partial charge is 0.224 e. The zero-order valence-electron chi connectivity index (χ0n) is 9.28. The molecule has 1 fully saturated rings. The van der Waals surface area contributed by atoms with Gasteiger partial charge in [0, 0.05) is 32.9 Å². The number of nitrogens with zero attached hydrogens (tertiary/aromatic N) is 2. The first-order valence-corrected chi connectivity index (χ1v) is 5.01. The van der Waals surface area contributed by atoms with Crippen LogP contribution in [0.1, 0.15) is 27.2 Å². The Balaban J connectivity index is 2.84. The topological polar surface area (TPSA) is 40.6 Å². The maximum Gasteiger partial charge on any atom is 0.224 e. The van der Waals surface area contributed by atoms with Gasteiger partial charge in [0.15, 0.2) is 0 Å². The van der Waals surface area contributed by atoms with Crippen LogP contribution in [0.3, 0.4) is 0 Å². The Labute approximate surface area is 84.9 Å². The number of hydrogen-bond donors (Lipinski definition) is 0. The van der Waals surface area contributed by atoms with E-state index in [4.69, 9.17) is 0 Å². The molecule has 2 amide bonds. The first-order valence-electron chi connectivity index (χ1n) is 5.01. The van der Waals surface area contributed by atoms with Crippen LogP contribution in [0.4, 0.5) is 0 Å². The Morgan fingerprint density at radius 1 is 1.64 bits per heavy atom. The van der Waals surface area contributed by atoms with Crippen LogP contribution in [0, 0.1) is 5.92 Å². The van der Waals surface area contributed by atoms with Crippen molar-refractivity contribution in [1.29, 1.82) is 0 Å². The van der Waals surface area contributed by atoms with Crippen LogP contribution in [-0.4, -0.2) is 41.4 Å². The van der Waals surface area contributed by atoms with Crippen molar-refractivity contribution in [2.24, 2.45) is 5.92 Å². The van der Waals surface area contributed by atoms with Gasteiger partial charge in [0.1, 0.15) is 6.17 Å². The maximum absolute atomic E-state index is 11.4. The average Bonchev–Trinajstić information content (AvgIpc) is 2.32. The molecule has 0 radical (unpaired) electrons. The van der Waals surface area contributed by atoms with Crippen LogP contribution in [0.5, 0.6) is 0 Å². The second kappa shape index (κ2) is 3.98. The molecule has 0 N–H and O–H groups in total. The van der Waals surface area contributed by atoms with E-state index in [1.807, 2.05) is 13.8 Å². The molecule has 0 bridgehead atoms. The van der Waals surface area contributed by atoms with E-state index in [1.165, 1.54) is 0 Å². The Kier molecular flexibility index (Phi) is 3.13. The van der Waals surface area contributed by atoms with Gasteiger partial charge in [-0.2, -0.15) is 0 Å². The van der Waals surface area contributed by atoms with Gasteiger partial charge in [-0.1, -0.05) is 6.92 Å². The molecule has 4 nitrogen and oxygen atoms in total. The predicted molar refractivity (Wildman–Crippen MR) is 53.4 cm³/mol. The molecular weight excluding hydrogens is 180 g/mol. The monoisotopic (exact) mass is 198 g/mol. The molecule has 0 spiro atoms. The highest BCUT2D eigenvalue weighted by molar-refractivity contribution is 5.81. The lowest BCUT2D eigenvalue weighted by molar-refractivity contribution is -0.138. The molecule has 1 saturated heterocycles. The van der Waals surface area contributed by atoms with Crippen molar-refractivity contribution in [3.8, 4) is 0 Å². The predicted octanol–water partition coefficient (Wildman–Crippen LogP) is 0.679. The number of rotatable bonds is 2. The lowest BCUT2D eigenvalue weighted by Gasteiger charge is -2.34. The third-order valence-electron chi connectivity index (χ3n) is 2.86. The third kappa shape index (κ3) is 1.74. The summed E-state index contributed by atoms with van der Waals surface area (Å²) in [5, 5.41) is 0. The molecule has 1 rings (SSSR count). The van der Waals surface area contributed by atoms with Crippen LogP contribution in [0.15, 0.2) is 0 Å². The van der Waals surface area contributed by atoms with Crippen LogP contribution in [0.25, 0.3) is 0 Å². The standard InChI is InChI=1S/C10H18N2O2/c1-5-12(8(3)13)10-7(2)6-9(14)11(10)4/h7,10H,5-6H2,1-4H3. The van der Waals surface area contributed by atoms with Gasteiger partial charge in [-0.05, 0) is 6.92 Å². The molecule has 14 heavy (non-hydrogen) atoms. The van der Waals surface area contributed by atoms with E-state index in [0.29, 0.717) is 13.0 Å². The number of likely N-dealkylation sites (tertiary alicyclic amines) is 1. The van der Waals surface area contributed by atoms with E-state index in [0.717, 1.165) is 0 Å². The van der Waals surface area contributed by atoms with E-state index in [-0.39, 0.29) is 23.9 Å². The molecule has 1 aliphatic heterocycles. The molecule has 0 aromatic carbocycles. The molecule has 80 valence electrons. The van der Waals surface area contributed by atoms with Crippen molar-refractivity contribution in [2.75, 3.05) is 13.6 Å². The van der Waals surface area contributed by atoms with E-state index in [2.05, 4.69) is 0 Å². The van der Waals surface area contributed by atoms with Crippen LogP contribution < -0.4 is 0 Å². The van der Waals surface area contributed by atoms with Gasteiger partial charge in [0.05, 0.1) is 0 Å². The van der Waals surface area contributed by atoms with Crippen LogP contribution >= 0.6 is 0 Å². The molecule has 0 saturated carbocycles. The highest BCUT2D eigenvalue weighted by atomic mass is 16.2. The average molecular weight is 198 g/mol. The zero-order valence-corrected chi connectivity index (χ0v) is 9.28. The van der Waals surface area contributed by atoms with Crippen molar-refractivity contribution in [3.63, 3.8) is 0 Å². The van der Waals surface area contributed by atoms with Crippen molar-refractivity contribution in [1.82, 2.24) is 9.80 Å². The van der Waals surface area contributed by atoms with Gasteiger partial charge in [0.2, 0.25) is 11.8 Å². The minimum absolute atomic E-state index is 0.0332. The summed E-state index contributed by atoms with van der Waals surface area (Å²) >= 11 is 0. The second-order valence-corrected chi connectivity index (χ2v) is 3.90. The molecule has 1 aliphatic rings. The minimum atomic E-state index is -0.0509. The number of amides is 2. The summed E-state index contributed by atoms with van der Waals surface area (Å²) in [5.74, 6) is 0.393. The quantitative estimate of drug-likeness (QED) is 0.654. The van der Waals surface area contributed by atoms with Gasteiger partial charge >= 0.3 is 0 Å². The normalized spacial score (nSPS) is 26.9. The second-order valence-electron chi connectivity index (χ2n) is 3.90. The fourth-order valence-electron chi connectivity index (χ4n) is 2.17. The fourth-order valence-corrected chi connectivity index (χ4v) is 2.17. The van der Waals surface area contributed by atoms with Gasteiger partial charge < -0.3 is 9.80 Å². The minimum Gasteiger partial charge on any atom is -0.325 e.